The molecule has 1 saturated heterocycles. The van der Waals surface area contributed by atoms with E-state index >= 15 is 0 Å². The summed E-state index contributed by atoms with van der Waals surface area (Å²) in [5.41, 5.74) is 2.70. The highest BCUT2D eigenvalue weighted by molar-refractivity contribution is 5.95. The molecule has 1 aliphatic rings. The highest BCUT2D eigenvalue weighted by atomic mass is 16.6. The van der Waals surface area contributed by atoms with E-state index in [1.807, 2.05) is 12.1 Å². The van der Waals surface area contributed by atoms with Gasteiger partial charge in [-0.25, -0.2) is 0 Å². The number of amides is 1. The number of nitrogens with zero attached hydrogens (tertiary/aromatic N) is 2. The van der Waals surface area contributed by atoms with Crippen molar-refractivity contribution in [1.82, 2.24) is 10.2 Å². The van der Waals surface area contributed by atoms with E-state index in [1.54, 1.807) is 13.1 Å². The van der Waals surface area contributed by atoms with Crippen LogP contribution in [0.5, 0.6) is 0 Å². The Bertz CT molecular complexity index is 833. The summed E-state index contributed by atoms with van der Waals surface area (Å²) in [6.45, 7) is 4.68. The summed E-state index contributed by atoms with van der Waals surface area (Å²) in [7, 11) is 1.60. The topological polar surface area (TPSA) is 96.7 Å². The van der Waals surface area contributed by atoms with Gasteiger partial charge in [-0.1, -0.05) is 24.3 Å². The maximum Gasteiger partial charge on any atom is 0.293 e. The second-order valence-corrected chi connectivity index (χ2v) is 6.63. The second-order valence-electron chi connectivity index (χ2n) is 6.63. The summed E-state index contributed by atoms with van der Waals surface area (Å²) < 4.78 is 5.36. The quantitative estimate of drug-likeness (QED) is 0.562. The first-order chi connectivity index (χ1) is 13.6. The molecule has 28 heavy (non-hydrogen) atoms. The van der Waals surface area contributed by atoms with Crippen LogP contribution in [0.3, 0.4) is 0 Å². The van der Waals surface area contributed by atoms with Crippen molar-refractivity contribution in [2.75, 3.05) is 38.7 Å². The number of nitro benzene ring substituents is 1. The van der Waals surface area contributed by atoms with Gasteiger partial charge in [-0.2, -0.15) is 0 Å². The third-order valence-electron chi connectivity index (χ3n) is 4.71. The van der Waals surface area contributed by atoms with Crippen LogP contribution >= 0.6 is 0 Å². The number of anilines is 1. The van der Waals surface area contributed by atoms with Crippen molar-refractivity contribution >= 4 is 17.3 Å². The van der Waals surface area contributed by atoms with E-state index < -0.39 is 4.92 Å². The molecule has 1 heterocycles. The van der Waals surface area contributed by atoms with Gasteiger partial charge in [0.1, 0.15) is 5.69 Å². The minimum Gasteiger partial charge on any atom is -0.383 e. The molecule has 0 spiro atoms. The lowest BCUT2D eigenvalue weighted by atomic mass is 10.1. The molecule has 0 aliphatic carbocycles. The molecule has 148 valence electrons. The lowest BCUT2D eigenvalue weighted by molar-refractivity contribution is -0.384. The summed E-state index contributed by atoms with van der Waals surface area (Å²) in [6, 6.07) is 12.5. The number of nitro groups is 1. The van der Waals surface area contributed by atoms with Gasteiger partial charge in [-0.15, -0.1) is 0 Å². The number of hydrogen-bond donors (Lipinski definition) is 2. The highest BCUT2D eigenvalue weighted by Crippen LogP contribution is 2.25. The van der Waals surface area contributed by atoms with Crippen molar-refractivity contribution in [3.8, 4) is 0 Å². The number of benzene rings is 2. The van der Waals surface area contributed by atoms with Gasteiger partial charge < -0.3 is 15.4 Å². The molecule has 0 saturated carbocycles. The van der Waals surface area contributed by atoms with Crippen molar-refractivity contribution < 1.29 is 14.5 Å². The lowest BCUT2D eigenvalue weighted by Crippen LogP contribution is -2.35. The Morgan fingerprint density at radius 3 is 2.46 bits per heavy atom. The fraction of sp³-hybridized carbons (Fsp3) is 0.350. The fourth-order valence-corrected chi connectivity index (χ4v) is 3.10. The molecule has 2 aromatic rings. The maximum absolute atomic E-state index is 12.3. The van der Waals surface area contributed by atoms with Crippen LogP contribution in [0.4, 0.5) is 11.4 Å². The first kappa shape index (κ1) is 19.8. The van der Waals surface area contributed by atoms with Crippen LogP contribution < -0.4 is 10.6 Å². The minimum absolute atomic E-state index is 0.123. The van der Waals surface area contributed by atoms with E-state index in [1.165, 1.54) is 17.7 Å². The molecule has 0 unspecified atom stereocenters. The van der Waals surface area contributed by atoms with Crippen molar-refractivity contribution in [3.63, 3.8) is 0 Å². The Hall–Kier alpha value is -2.97. The normalized spacial score (nSPS) is 14.5. The minimum atomic E-state index is -0.504. The molecule has 0 atom stereocenters. The predicted molar refractivity (Wildman–Crippen MR) is 106 cm³/mol. The van der Waals surface area contributed by atoms with Crippen LogP contribution in [0, 0.1) is 10.1 Å². The SMILES string of the molecule is CNc1ccc(C(=O)NCc2ccc(CN3CCOCC3)cc2)cc1[N+](=O)[O-]. The van der Waals surface area contributed by atoms with Gasteiger partial charge in [0.05, 0.1) is 18.1 Å². The molecule has 0 aromatic heterocycles. The largest absolute Gasteiger partial charge is 0.383 e. The second kappa shape index (κ2) is 9.29. The van der Waals surface area contributed by atoms with E-state index in [2.05, 4.69) is 27.7 Å². The van der Waals surface area contributed by atoms with Crippen molar-refractivity contribution in [1.29, 1.82) is 0 Å². The predicted octanol–water partition coefficient (Wildman–Crippen LogP) is 2.40. The Kier molecular flexibility index (Phi) is 6.57. The van der Waals surface area contributed by atoms with Crippen LogP contribution in [0.25, 0.3) is 0 Å². The molecule has 3 rings (SSSR count). The number of ether oxygens (including phenoxy) is 1. The summed E-state index contributed by atoms with van der Waals surface area (Å²) >= 11 is 0. The van der Waals surface area contributed by atoms with E-state index in [0.29, 0.717) is 12.2 Å². The van der Waals surface area contributed by atoms with Gasteiger partial charge >= 0.3 is 0 Å². The van der Waals surface area contributed by atoms with Gasteiger partial charge in [0.2, 0.25) is 0 Å². The lowest BCUT2D eigenvalue weighted by Gasteiger charge is -2.26. The molecule has 0 bridgehead atoms. The van der Waals surface area contributed by atoms with Gasteiger partial charge in [0.25, 0.3) is 11.6 Å². The molecule has 1 fully saturated rings. The Balaban J connectivity index is 1.57. The Morgan fingerprint density at radius 2 is 1.82 bits per heavy atom. The molecular weight excluding hydrogens is 360 g/mol. The van der Waals surface area contributed by atoms with Crippen molar-refractivity contribution in [2.24, 2.45) is 0 Å². The van der Waals surface area contributed by atoms with Gasteiger partial charge in [-0.3, -0.25) is 19.8 Å². The Labute approximate surface area is 163 Å². The third-order valence-corrected chi connectivity index (χ3v) is 4.71. The first-order valence-electron chi connectivity index (χ1n) is 9.19. The number of rotatable bonds is 7. The molecule has 2 aromatic carbocycles. The van der Waals surface area contributed by atoms with Crippen LogP contribution in [0.2, 0.25) is 0 Å². The number of hydrogen-bond acceptors (Lipinski definition) is 6. The molecule has 1 aliphatic heterocycles. The van der Waals surface area contributed by atoms with Crippen LogP contribution in [-0.4, -0.2) is 49.1 Å². The molecule has 1 amide bonds. The zero-order chi connectivity index (χ0) is 19.9. The average molecular weight is 384 g/mol. The van der Waals surface area contributed by atoms with Crippen LogP contribution in [0.15, 0.2) is 42.5 Å². The molecule has 8 heteroatoms. The molecule has 0 radical (unpaired) electrons. The summed E-state index contributed by atoms with van der Waals surface area (Å²) in [5.74, 6) is -0.344. The molecular formula is C20H24N4O4. The van der Waals surface area contributed by atoms with Gasteiger partial charge in [0, 0.05) is 44.9 Å². The first-order valence-corrected chi connectivity index (χ1v) is 9.19. The monoisotopic (exact) mass is 384 g/mol. The van der Waals surface area contributed by atoms with Crippen molar-refractivity contribution in [3.05, 3.63) is 69.3 Å². The third kappa shape index (κ3) is 5.05. The summed E-state index contributed by atoms with van der Waals surface area (Å²) in [6.07, 6.45) is 0. The van der Waals surface area contributed by atoms with Crippen LogP contribution in [-0.2, 0) is 17.8 Å². The van der Waals surface area contributed by atoms with Crippen molar-refractivity contribution in [2.45, 2.75) is 13.1 Å². The number of nitrogens with one attached hydrogen (secondary N) is 2. The number of carbonyl (C=O) groups excluding carboxylic acids is 1. The molecule has 2 N–H and O–H groups in total. The zero-order valence-corrected chi connectivity index (χ0v) is 15.8. The number of carbonyl (C=O) groups is 1. The smallest absolute Gasteiger partial charge is 0.293 e. The fourth-order valence-electron chi connectivity index (χ4n) is 3.10. The van der Waals surface area contributed by atoms with E-state index in [0.717, 1.165) is 38.4 Å². The summed E-state index contributed by atoms with van der Waals surface area (Å²) in [5, 5.41) is 16.7. The maximum atomic E-state index is 12.3. The van der Waals surface area contributed by atoms with Crippen LogP contribution in [0.1, 0.15) is 21.5 Å². The Morgan fingerprint density at radius 1 is 1.14 bits per heavy atom. The van der Waals surface area contributed by atoms with E-state index in [-0.39, 0.29) is 17.2 Å². The average Bonchev–Trinajstić information content (AvgIpc) is 2.73. The van der Waals surface area contributed by atoms with E-state index in [4.69, 9.17) is 4.74 Å². The number of morpholine rings is 1. The van der Waals surface area contributed by atoms with E-state index in [9.17, 15) is 14.9 Å². The highest BCUT2D eigenvalue weighted by Gasteiger charge is 2.16. The molecule has 8 nitrogen and oxygen atoms in total. The zero-order valence-electron chi connectivity index (χ0n) is 15.8. The van der Waals surface area contributed by atoms with Gasteiger partial charge in [0.15, 0.2) is 0 Å². The van der Waals surface area contributed by atoms with Gasteiger partial charge in [-0.05, 0) is 23.3 Å². The standard InChI is InChI=1S/C20H24N4O4/c1-21-18-7-6-17(12-19(18)24(26)27)20(25)22-13-15-2-4-16(5-3-15)14-23-8-10-28-11-9-23/h2-7,12,21H,8-11,13-14H2,1H3,(H,22,25). The summed E-state index contributed by atoms with van der Waals surface area (Å²) in [4.78, 5) is 25.3.